The first-order chi connectivity index (χ1) is 13.8. The fourth-order valence-corrected chi connectivity index (χ4v) is 10.1. The van der Waals surface area contributed by atoms with Crippen molar-refractivity contribution in [2.45, 2.75) is 58.1 Å². The molecule has 0 unspecified atom stereocenters. The van der Waals surface area contributed by atoms with E-state index in [-0.39, 0.29) is 11.1 Å². The lowest BCUT2D eigenvalue weighted by molar-refractivity contribution is 0.0787. The standard InChI is InChI=1S/C26H35BrOSi/c1-20-16-17-24(21(2)19-27)25(18-20)28-29(26(3,4)5,22-12-8-6-9-13-22)23-14-10-7-11-15-23/h6-15,20,24-25H,2,16-19H2,1,3-5H3/t20-,24+,25-/m1/s1. The van der Waals surface area contributed by atoms with Crippen LogP contribution in [-0.4, -0.2) is 19.8 Å². The van der Waals surface area contributed by atoms with Gasteiger partial charge in [-0.15, -0.1) is 0 Å². The molecule has 1 fully saturated rings. The van der Waals surface area contributed by atoms with Crippen molar-refractivity contribution >= 4 is 34.6 Å². The molecule has 0 bridgehead atoms. The van der Waals surface area contributed by atoms with Crippen LogP contribution in [0.2, 0.25) is 5.04 Å². The van der Waals surface area contributed by atoms with Crippen LogP contribution >= 0.6 is 15.9 Å². The van der Waals surface area contributed by atoms with Gasteiger partial charge in [-0.05, 0) is 40.6 Å². The molecule has 3 atom stereocenters. The molecule has 1 nitrogen and oxygen atoms in total. The van der Waals surface area contributed by atoms with Crippen molar-refractivity contribution in [1.82, 2.24) is 0 Å². The third kappa shape index (κ3) is 4.62. The SMILES string of the molecule is C=C(CBr)[C@@H]1CC[C@@H](C)C[C@H]1O[Si](c1ccccc1)(c1ccccc1)C(C)(C)C. The van der Waals surface area contributed by atoms with Crippen molar-refractivity contribution in [3.05, 3.63) is 72.8 Å². The monoisotopic (exact) mass is 470 g/mol. The number of hydrogen-bond acceptors (Lipinski definition) is 1. The topological polar surface area (TPSA) is 9.23 Å². The fourth-order valence-electron chi connectivity index (χ4n) is 4.94. The molecule has 0 N–H and O–H groups in total. The lowest BCUT2D eigenvalue weighted by Gasteiger charge is -2.48. The average molecular weight is 472 g/mol. The maximum absolute atomic E-state index is 7.48. The van der Waals surface area contributed by atoms with Crippen LogP contribution < -0.4 is 10.4 Å². The predicted molar refractivity (Wildman–Crippen MR) is 132 cm³/mol. The highest BCUT2D eigenvalue weighted by Gasteiger charge is 2.52. The highest BCUT2D eigenvalue weighted by Crippen LogP contribution is 2.42. The van der Waals surface area contributed by atoms with E-state index in [1.807, 2.05) is 0 Å². The van der Waals surface area contributed by atoms with E-state index in [9.17, 15) is 0 Å². The van der Waals surface area contributed by atoms with Crippen LogP contribution in [0.4, 0.5) is 0 Å². The Morgan fingerprint density at radius 3 is 1.97 bits per heavy atom. The molecule has 0 aromatic heterocycles. The van der Waals surface area contributed by atoms with Crippen LogP contribution in [0.25, 0.3) is 0 Å². The number of rotatable bonds is 6. The molecule has 3 heteroatoms. The third-order valence-corrected chi connectivity index (χ3v) is 12.3. The molecule has 1 saturated carbocycles. The molecule has 156 valence electrons. The van der Waals surface area contributed by atoms with E-state index in [2.05, 4.69) is 111 Å². The van der Waals surface area contributed by atoms with Gasteiger partial charge in [-0.25, -0.2) is 0 Å². The summed E-state index contributed by atoms with van der Waals surface area (Å²) in [5.74, 6) is 1.12. The maximum Gasteiger partial charge on any atom is 0.261 e. The third-order valence-electron chi connectivity index (χ3n) is 6.49. The fraction of sp³-hybridized carbons (Fsp3) is 0.462. The van der Waals surface area contributed by atoms with Gasteiger partial charge in [0.15, 0.2) is 0 Å². The molecule has 0 saturated heterocycles. The van der Waals surface area contributed by atoms with Gasteiger partial charge in [0.05, 0.1) is 6.10 Å². The summed E-state index contributed by atoms with van der Waals surface area (Å²) in [5, 5.41) is 3.59. The summed E-state index contributed by atoms with van der Waals surface area (Å²) in [6.45, 7) is 13.9. The van der Waals surface area contributed by atoms with Gasteiger partial charge in [0, 0.05) is 11.2 Å². The molecule has 2 aromatic rings. The van der Waals surface area contributed by atoms with Gasteiger partial charge < -0.3 is 4.43 Å². The van der Waals surface area contributed by atoms with Crippen LogP contribution in [0.5, 0.6) is 0 Å². The van der Waals surface area contributed by atoms with Crippen LogP contribution in [0.3, 0.4) is 0 Å². The summed E-state index contributed by atoms with van der Waals surface area (Å²) in [4.78, 5) is 0. The van der Waals surface area contributed by atoms with Gasteiger partial charge >= 0.3 is 0 Å². The van der Waals surface area contributed by atoms with Crippen LogP contribution in [0.1, 0.15) is 47.0 Å². The zero-order valence-electron chi connectivity index (χ0n) is 18.3. The lowest BCUT2D eigenvalue weighted by atomic mass is 9.78. The molecule has 0 radical (unpaired) electrons. The van der Waals surface area contributed by atoms with E-state index >= 15 is 0 Å². The van der Waals surface area contributed by atoms with Crippen molar-refractivity contribution in [3.8, 4) is 0 Å². The molecule has 0 aliphatic heterocycles. The molecule has 0 heterocycles. The molecule has 2 aromatic carbocycles. The second kappa shape index (κ2) is 9.32. The summed E-state index contributed by atoms with van der Waals surface area (Å²) < 4.78 is 7.48. The smallest absolute Gasteiger partial charge is 0.261 e. The molecule has 0 spiro atoms. The molecule has 29 heavy (non-hydrogen) atoms. The summed E-state index contributed by atoms with van der Waals surface area (Å²) in [6.07, 6.45) is 3.77. The average Bonchev–Trinajstić information content (AvgIpc) is 2.72. The second-order valence-electron chi connectivity index (χ2n) is 9.64. The van der Waals surface area contributed by atoms with E-state index in [1.165, 1.54) is 28.8 Å². The molecule has 1 aliphatic rings. The van der Waals surface area contributed by atoms with Gasteiger partial charge in [0.1, 0.15) is 0 Å². The Morgan fingerprint density at radius 1 is 1.00 bits per heavy atom. The largest absolute Gasteiger partial charge is 0.404 e. The van der Waals surface area contributed by atoms with Crippen molar-refractivity contribution in [1.29, 1.82) is 0 Å². The zero-order valence-corrected chi connectivity index (χ0v) is 20.9. The van der Waals surface area contributed by atoms with Gasteiger partial charge in [-0.2, -0.15) is 0 Å². The number of alkyl halides is 1. The first kappa shape index (κ1) is 22.5. The maximum atomic E-state index is 7.48. The van der Waals surface area contributed by atoms with E-state index in [0.717, 1.165) is 11.8 Å². The molecule has 3 rings (SSSR count). The number of hydrogen-bond donors (Lipinski definition) is 0. The Balaban J connectivity index is 2.16. The molecular weight excluding hydrogens is 436 g/mol. The zero-order chi connectivity index (χ0) is 21.1. The van der Waals surface area contributed by atoms with Gasteiger partial charge in [0.2, 0.25) is 0 Å². The Hall–Kier alpha value is -1.16. The van der Waals surface area contributed by atoms with Crippen LogP contribution in [0, 0.1) is 11.8 Å². The Labute approximate surface area is 186 Å². The molecule has 0 amide bonds. The minimum atomic E-state index is -2.52. The minimum Gasteiger partial charge on any atom is -0.404 e. The van der Waals surface area contributed by atoms with Crippen molar-refractivity contribution in [2.24, 2.45) is 11.8 Å². The Kier molecular flexibility index (Phi) is 7.24. The summed E-state index contributed by atoms with van der Waals surface area (Å²) >= 11 is 3.66. The lowest BCUT2D eigenvalue weighted by Crippen LogP contribution is -2.68. The van der Waals surface area contributed by atoms with Crippen LogP contribution in [0.15, 0.2) is 72.8 Å². The second-order valence-corrected chi connectivity index (χ2v) is 14.4. The quantitative estimate of drug-likeness (QED) is 0.272. The highest BCUT2D eigenvalue weighted by atomic mass is 79.9. The first-order valence-corrected chi connectivity index (χ1v) is 13.8. The van der Waals surface area contributed by atoms with E-state index in [0.29, 0.717) is 11.8 Å². The van der Waals surface area contributed by atoms with E-state index in [1.54, 1.807) is 0 Å². The summed E-state index contributed by atoms with van der Waals surface area (Å²) in [6, 6.07) is 22.0. The Bertz CT molecular complexity index is 757. The Morgan fingerprint density at radius 2 is 1.52 bits per heavy atom. The summed E-state index contributed by atoms with van der Waals surface area (Å²) in [7, 11) is -2.52. The van der Waals surface area contributed by atoms with Gasteiger partial charge in [-0.3, -0.25) is 0 Å². The van der Waals surface area contributed by atoms with Crippen molar-refractivity contribution in [2.75, 3.05) is 5.33 Å². The normalized spacial score (nSPS) is 23.0. The molecular formula is C26H35BrOSi. The molecule has 1 aliphatic carbocycles. The van der Waals surface area contributed by atoms with E-state index in [4.69, 9.17) is 4.43 Å². The number of benzene rings is 2. The summed E-state index contributed by atoms with van der Waals surface area (Å²) in [5.41, 5.74) is 1.28. The van der Waals surface area contributed by atoms with Gasteiger partial charge in [-0.1, -0.05) is 116 Å². The van der Waals surface area contributed by atoms with Gasteiger partial charge in [0.25, 0.3) is 8.32 Å². The minimum absolute atomic E-state index is 0.0106. The van der Waals surface area contributed by atoms with Crippen molar-refractivity contribution < 1.29 is 4.43 Å². The van der Waals surface area contributed by atoms with Crippen LogP contribution in [-0.2, 0) is 4.43 Å². The van der Waals surface area contributed by atoms with E-state index < -0.39 is 8.32 Å². The highest BCUT2D eigenvalue weighted by molar-refractivity contribution is 9.09. The number of halogens is 1. The predicted octanol–water partition coefficient (Wildman–Crippen LogP) is 6.32. The van der Waals surface area contributed by atoms with Crippen molar-refractivity contribution in [3.63, 3.8) is 0 Å². The first-order valence-electron chi connectivity index (χ1n) is 10.8.